The minimum absolute atomic E-state index is 0. The van der Waals surface area contributed by atoms with Gasteiger partial charge in [0.25, 0.3) is 0 Å². The van der Waals surface area contributed by atoms with E-state index in [9.17, 15) is 0 Å². The van der Waals surface area contributed by atoms with Gasteiger partial charge in [0.1, 0.15) is 11.5 Å². The van der Waals surface area contributed by atoms with Crippen LogP contribution >= 0.6 is 0 Å². The van der Waals surface area contributed by atoms with Gasteiger partial charge in [0.15, 0.2) is 0 Å². The Bertz CT molecular complexity index is 32.2. The molecule has 0 saturated heterocycles. The van der Waals surface area contributed by atoms with E-state index in [-0.39, 0.29) is 56.9 Å². The zero-order valence-corrected chi connectivity index (χ0v) is 10.7. The van der Waals surface area contributed by atoms with Gasteiger partial charge in [-0.1, -0.05) is 13.8 Å². The molecule has 0 atom stereocenters. The quantitative estimate of drug-likeness (QED) is 0.272. The third-order valence-electron chi connectivity index (χ3n) is 0.763. The topological polar surface area (TPSA) is 30.0 Å². The molecule has 0 bridgehead atoms. The molecule has 1 nitrogen and oxygen atoms in total. The molecule has 0 aliphatic carbocycles. The minimum Gasteiger partial charge on any atom is -0.870 e. The van der Waals surface area contributed by atoms with Crippen LogP contribution in [0.3, 0.4) is 0 Å². The molecule has 1 radical (unpaired) electrons. The van der Waals surface area contributed by atoms with Crippen molar-refractivity contribution in [2.24, 2.45) is 0 Å². The van der Waals surface area contributed by atoms with E-state index in [4.69, 9.17) is 0 Å². The Kier molecular flexibility index (Phi) is 31.4. The second-order valence-electron chi connectivity index (χ2n) is 1.67. The predicted molar refractivity (Wildman–Crippen MR) is 46.8 cm³/mol. The van der Waals surface area contributed by atoms with Crippen LogP contribution in [0.4, 0.5) is 0 Å². The molecule has 0 aromatic rings. The van der Waals surface area contributed by atoms with Crippen molar-refractivity contribution >= 4 is 63.1 Å². The van der Waals surface area contributed by atoms with Gasteiger partial charge in [0.05, 0.1) is 0 Å². The summed E-state index contributed by atoms with van der Waals surface area (Å²) in [5, 5.41) is 0. The summed E-state index contributed by atoms with van der Waals surface area (Å²) in [5.74, 6) is 2.79. The first-order valence-corrected chi connectivity index (χ1v) is 4.31. The summed E-state index contributed by atoms with van der Waals surface area (Å²) in [6.45, 7) is 4.48. The van der Waals surface area contributed by atoms with Crippen LogP contribution < -0.4 is 0 Å². The molecule has 0 aliphatic rings. The van der Waals surface area contributed by atoms with Crippen molar-refractivity contribution in [3.05, 3.63) is 0 Å². The molecule has 0 aromatic heterocycles. The first-order valence-electron chi connectivity index (χ1n) is 3.05. The summed E-state index contributed by atoms with van der Waals surface area (Å²) in [6, 6.07) is 0. The third kappa shape index (κ3) is 17.8. The van der Waals surface area contributed by atoms with Crippen molar-refractivity contribution < 1.29 is 5.48 Å². The van der Waals surface area contributed by atoms with Crippen molar-refractivity contribution in [3.8, 4) is 0 Å². The molecular weight excluding hydrogens is 159 g/mol. The van der Waals surface area contributed by atoms with E-state index in [1.165, 1.54) is 24.3 Å². The summed E-state index contributed by atoms with van der Waals surface area (Å²) >= 11 is 1.64. The van der Waals surface area contributed by atoms with E-state index in [0.717, 1.165) is 0 Å². The predicted octanol–water partition coefficient (Wildman–Crippen LogP) is 1.06. The van der Waals surface area contributed by atoms with Crippen LogP contribution in [0.5, 0.6) is 0 Å². The molecule has 0 spiro atoms. The van der Waals surface area contributed by atoms with Gasteiger partial charge in [-0.05, 0) is 24.6 Å². The van der Waals surface area contributed by atoms with Crippen LogP contribution in [-0.4, -0.2) is 68.4 Å². The monoisotopic (exact) mass is 175 g/mol. The van der Waals surface area contributed by atoms with Crippen LogP contribution in [0.25, 0.3) is 0 Å². The zero-order chi connectivity index (χ0) is 5.54. The van der Waals surface area contributed by atoms with Crippen molar-refractivity contribution in [2.75, 3.05) is 11.5 Å². The maximum atomic E-state index is 2.24. The van der Waals surface area contributed by atoms with Crippen LogP contribution in [0, 0.1) is 0 Å². The summed E-state index contributed by atoms with van der Waals surface area (Å²) in [7, 11) is 0. The Hall–Kier alpha value is 1.95. The molecule has 0 unspecified atom stereocenters. The standard InChI is InChI=1S/C6H14S.K.H2O/c1-3-5-7-6-4-2;;/h3-6H2,1-2H3;;1H2. The molecular formula is C6H16KOS. The molecule has 0 rings (SSSR count). The molecule has 0 fully saturated rings. The van der Waals surface area contributed by atoms with E-state index in [1.807, 2.05) is 0 Å². The fraction of sp³-hybridized carbons (Fsp3) is 1.00. The van der Waals surface area contributed by atoms with Crippen LogP contribution in [0.1, 0.15) is 26.7 Å². The van der Waals surface area contributed by atoms with Crippen LogP contribution in [-0.2, 0) is 11.8 Å². The van der Waals surface area contributed by atoms with Crippen molar-refractivity contribution in [3.63, 3.8) is 0 Å². The molecule has 0 heterocycles. The molecule has 0 aliphatic heterocycles. The molecule has 3 heteroatoms. The largest absolute Gasteiger partial charge is 0.870 e. The molecule has 53 valence electrons. The fourth-order valence-corrected chi connectivity index (χ4v) is 1.28. The first kappa shape index (κ1) is 17.1. The molecule has 9 heavy (non-hydrogen) atoms. The van der Waals surface area contributed by atoms with Gasteiger partial charge >= 0.3 is 0 Å². The molecule has 1 N–H and O–H groups in total. The number of hydrogen-bond acceptors (Lipinski definition) is 1. The van der Waals surface area contributed by atoms with E-state index in [1.54, 1.807) is 11.8 Å². The molecule has 0 aromatic carbocycles. The minimum atomic E-state index is 0. The Morgan fingerprint density at radius 2 is 1.33 bits per heavy atom. The van der Waals surface area contributed by atoms with Gasteiger partial charge in [-0.3, -0.25) is 0 Å². The summed E-state index contributed by atoms with van der Waals surface area (Å²) in [6.07, 6.45) is 2.70. The summed E-state index contributed by atoms with van der Waals surface area (Å²) in [4.78, 5) is 0. The Balaban J connectivity index is -0.000000180. The average molecular weight is 175 g/mol. The van der Waals surface area contributed by atoms with Crippen molar-refractivity contribution in [1.29, 1.82) is 0 Å². The average Bonchev–Trinajstić information content (AvgIpc) is 1.69. The van der Waals surface area contributed by atoms with Gasteiger partial charge in [-0.25, -0.2) is 0 Å². The van der Waals surface area contributed by atoms with Crippen LogP contribution in [0.15, 0.2) is 0 Å². The fourth-order valence-electron chi connectivity index (χ4n) is 0.428. The zero-order valence-electron chi connectivity index (χ0n) is 6.72. The smallest absolute Gasteiger partial charge is 0.105 e. The molecule has 0 amide bonds. The maximum absolute atomic E-state index is 2.24. The van der Waals surface area contributed by atoms with E-state index < -0.39 is 0 Å². The number of thiol groups is 1. The van der Waals surface area contributed by atoms with Gasteiger partial charge in [-0.2, -0.15) is 0 Å². The second kappa shape index (κ2) is 16.5. The van der Waals surface area contributed by atoms with Crippen molar-refractivity contribution in [1.82, 2.24) is 0 Å². The summed E-state index contributed by atoms with van der Waals surface area (Å²) < 4.78 is 0. The van der Waals surface area contributed by atoms with Crippen LogP contribution in [0.2, 0.25) is 0 Å². The van der Waals surface area contributed by atoms with E-state index in [0.29, 0.717) is 0 Å². The SMILES string of the molecule is CCC[SH+]CCC.[K].[OH-]. The number of hydrogen-bond donors (Lipinski definition) is 0. The third-order valence-corrected chi connectivity index (χ3v) is 2.29. The van der Waals surface area contributed by atoms with Gasteiger partial charge in [-0.15, -0.1) is 0 Å². The Morgan fingerprint density at radius 3 is 1.56 bits per heavy atom. The normalized spacial score (nSPS) is 7.33. The molecule has 0 saturated carbocycles. The van der Waals surface area contributed by atoms with Gasteiger partial charge in [0.2, 0.25) is 0 Å². The second-order valence-corrected chi connectivity index (χ2v) is 3.01. The van der Waals surface area contributed by atoms with E-state index >= 15 is 0 Å². The maximum Gasteiger partial charge on any atom is 0.105 e. The van der Waals surface area contributed by atoms with Crippen molar-refractivity contribution in [2.45, 2.75) is 26.7 Å². The van der Waals surface area contributed by atoms with Gasteiger partial charge in [0, 0.05) is 51.4 Å². The van der Waals surface area contributed by atoms with Gasteiger partial charge < -0.3 is 5.48 Å². The van der Waals surface area contributed by atoms with E-state index in [2.05, 4.69) is 13.8 Å². The Labute approximate surface area is 105 Å². The Morgan fingerprint density at radius 1 is 1.00 bits per heavy atom. The summed E-state index contributed by atoms with van der Waals surface area (Å²) in [5.41, 5.74) is 0. The first-order chi connectivity index (χ1) is 3.41. The number of rotatable bonds is 4.